The summed E-state index contributed by atoms with van der Waals surface area (Å²) in [5, 5.41) is 4.54. The molecule has 3 rings (SSSR count). The van der Waals surface area contributed by atoms with Crippen LogP contribution in [0, 0.1) is 0 Å². The second-order valence-corrected chi connectivity index (χ2v) is 4.06. The van der Waals surface area contributed by atoms with Gasteiger partial charge in [0, 0.05) is 24.2 Å². The third kappa shape index (κ3) is 1.76. The summed E-state index contributed by atoms with van der Waals surface area (Å²) in [6.07, 6.45) is 6.24. The number of pyridine rings is 1. The van der Waals surface area contributed by atoms with Crippen molar-refractivity contribution in [1.29, 1.82) is 0 Å². The molecular formula is C11H8ClN5O. The van der Waals surface area contributed by atoms with Crippen molar-refractivity contribution in [3.8, 4) is 0 Å². The lowest BCUT2D eigenvalue weighted by atomic mass is 10.3. The van der Waals surface area contributed by atoms with Crippen molar-refractivity contribution in [1.82, 2.24) is 24.1 Å². The zero-order chi connectivity index (χ0) is 12.5. The second kappa shape index (κ2) is 4.23. The van der Waals surface area contributed by atoms with E-state index in [2.05, 4.69) is 15.1 Å². The Labute approximate surface area is 106 Å². The highest BCUT2D eigenvalue weighted by Crippen LogP contribution is 2.11. The average molecular weight is 262 g/mol. The van der Waals surface area contributed by atoms with Gasteiger partial charge in [-0.15, -0.1) is 5.10 Å². The molecule has 18 heavy (non-hydrogen) atoms. The van der Waals surface area contributed by atoms with Gasteiger partial charge in [0.15, 0.2) is 5.65 Å². The predicted octanol–water partition coefficient (Wildman–Crippen LogP) is 0.988. The number of rotatable bonds is 2. The fourth-order valence-corrected chi connectivity index (χ4v) is 1.86. The predicted molar refractivity (Wildman–Crippen MR) is 65.6 cm³/mol. The maximum atomic E-state index is 12.0. The van der Waals surface area contributed by atoms with E-state index in [4.69, 9.17) is 11.6 Å². The molecule has 0 fully saturated rings. The lowest BCUT2D eigenvalue weighted by molar-refractivity contribution is 0.657. The van der Waals surface area contributed by atoms with E-state index in [1.54, 1.807) is 18.5 Å². The standard InChI is InChI=1S/C11H8ClN5O/c12-10-8(2-1-3-14-10)7-17-11(18)16-5-4-13-6-9(16)15-17/h1-6H,7H2. The van der Waals surface area contributed by atoms with E-state index in [9.17, 15) is 4.79 Å². The van der Waals surface area contributed by atoms with Gasteiger partial charge in [-0.05, 0) is 6.07 Å². The van der Waals surface area contributed by atoms with Gasteiger partial charge in [-0.25, -0.2) is 18.9 Å². The van der Waals surface area contributed by atoms with Crippen LogP contribution in [0.5, 0.6) is 0 Å². The Bertz CT molecular complexity index is 763. The van der Waals surface area contributed by atoms with Crippen molar-refractivity contribution in [2.75, 3.05) is 0 Å². The summed E-state index contributed by atoms with van der Waals surface area (Å²) in [5.74, 6) is 0. The second-order valence-electron chi connectivity index (χ2n) is 3.70. The van der Waals surface area contributed by atoms with Crippen LogP contribution in [0.2, 0.25) is 5.15 Å². The van der Waals surface area contributed by atoms with E-state index in [-0.39, 0.29) is 12.2 Å². The fraction of sp³-hybridized carbons (Fsp3) is 0.0909. The minimum atomic E-state index is -0.229. The summed E-state index contributed by atoms with van der Waals surface area (Å²) in [7, 11) is 0. The summed E-state index contributed by atoms with van der Waals surface area (Å²) in [5.41, 5.74) is 1.02. The van der Waals surface area contributed by atoms with Crippen LogP contribution in [0.3, 0.4) is 0 Å². The van der Waals surface area contributed by atoms with E-state index in [1.165, 1.54) is 21.5 Å². The van der Waals surface area contributed by atoms with Crippen LogP contribution in [0.1, 0.15) is 5.56 Å². The molecule has 0 unspecified atom stereocenters. The highest BCUT2D eigenvalue weighted by Gasteiger charge is 2.08. The minimum Gasteiger partial charge on any atom is -0.259 e. The molecule has 0 atom stereocenters. The van der Waals surface area contributed by atoms with Gasteiger partial charge in [-0.1, -0.05) is 17.7 Å². The molecule has 0 bridgehead atoms. The molecule has 7 heteroatoms. The van der Waals surface area contributed by atoms with Crippen LogP contribution in [0.4, 0.5) is 0 Å². The molecule has 0 N–H and O–H groups in total. The molecule has 0 saturated carbocycles. The summed E-state index contributed by atoms with van der Waals surface area (Å²) in [6, 6.07) is 3.58. The Morgan fingerprint density at radius 1 is 1.33 bits per heavy atom. The van der Waals surface area contributed by atoms with Crippen molar-refractivity contribution in [3.63, 3.8) is 0 Å². The fourth-order valence-electron chi connectivity index (χ4n) is 1.68. The SMILES string of the molecule is O=c1n(Cc2cccnc2Cl)nc2cnccn12. The van der Waals surface area contributed by atoms with Gasteiger partial charge in [0.1, 0.15) is 5.15 Å². The molecule has 0 amide bonds. The molecule has 90 valence electrons. The maximum absolute atomic E-state index is 12.0. The largest absolute Gasteiger partial charge is 0.350 e. The normalized spacial score (nSPS) is 10.9. The zero-order valence-corrected chi connectivity index (χ0v) is 9.95. The molecule has 0 aromatic carbocycles. The Balaban J connectivity index is 2.09. The molecule has 0 aliphatic carbocycles. The van der Waals surface area contributed by atoms with Crippen LogP contribution >= 0.6 is 11.6 Å². The molecule has 3 heterocycles. The van der Waals surface area contributed by atoms with Gasteiger partial charge < -0.3 is 0 Å². The van der Waals surface area contributed by atoms with E-state index < -0.39 is 0 Å². The Morgan fingerprint density at radius 2 is 2.22 bits per heavy atom. The van der Waals surface area contributed by atoms with E-state index in [0.29, 0.717) is 10.8 Å². The van der Waals surface area contributed by atoms with Crippen LogP contribution in [-0.4, -0.2) is 24.1 Å². The molecule has 0 radical (unpaired) electrons. The van der Waals surface area contributed by atoms with Gasteiger partial charge in [0.2, 0.25) is 0 Å². The first kappa shape index (κ1) is 10.9. The Kier molecular flexibility index (Phi) is 2.56. The molecule has 0 aliphatic heterocycles. The number of aromatic nitrogens is 5. The van der Waals surface area contributed by atoms with E-state index in [1.807, 2.05) is 6.07 Å². The highest BCUT2D eigenvalue weighted by atomic mass is 35.5. The van der Waals surface area contributed by atoms with Crippen LogP contribution in [0.15, 0.2) is 41.7 Å². The molecule has 0 aliphatic rings. The lowest BCUT2D eigenvalue weighted by Gasteiger charge is -2.01. The van der Waals surface area contributed by atoms with Gasteiger partial charge in [0.05, 0.1) is 12.7 Å². The molecular weight excluding hydrogens is 254 g/mol. The third-order valence-electron chi connectivity index (χ3n) is 2.55. The maximum Gasteiger partial charge on any atom is 0.350 e. The van der Waals surface area contributed by atoms with Crippen molar-refractivity contribution in [3.05, 3.63) is 58.1 Å². The quantitative estimate of drug-likeness (QED) is 0.645. The smallest absolute Gasteiger partial charge is 0.259 e. The van der Waals surface area contributed by atoms with Gasteiger partial charge in [-0.3, -0.25) is 4.98 Å². The van der Waals surface area contributed by atoms with E-state index in [0.717, 1.165) is 5.56 Å². The average Bonchev–Trinajstić information content (AvgIpc) is 2.70. The molecule has 0 saturated heterocycles. The number of hydrogen-bond donors (Lipinski definition) is 0. The molecule has 6 nitrogen and oxygen atoms in total. The Hall–Kier alpha value is -2.21. The first-order valence-corrected chi connectivity index (χ1v) is 5.62. The summed E-state index contributed by atoms with van der Waals surface area (Å²) in [4.78, 5) is 19.9. The van der Waals surface area contributed by atoms with Gasteiger partial charge >= 0.3 is 5.69 Å². The first-order valence-electron chi connectivity index (χ1n) is 5.24. The first-order chi connectivity index (χ1) is 8.75. The molecule has 3 aromatic rings. The van der Waals surface area contributed by atoms with Crippen LogP contribution in [-0.2, 0) is 6.54 Å². The van der Waals surface area contributed by atoms with Crippen LogP contribution < -0.4 is 5.69 Å². The summed E-state index contributed by atoms with van der Waals surface area (Å²) in [6.45, 7) is 0.285. The zero-order valence-electron chi connectivity index (χ0n) is 9.19. The van der Waals surface area contributed by atoms with Gasteiger partial charge in [0.25, 0.3) is 0 Å². The Morgan fingerprint density at radius 3 is 3.00 bits per heavy atom. The van der Waals surface area contributed by atoms with Crippen molar-refractivity contribution >= 4 is 17.2 Å². The number of fused-ring (bicyclic) bond motifs is 1. The van der Waals surface area contributed by atoms with E-state index >= 15 is 0 Å². The van der Waals surface area contributed by atoms with Crippen molar-refractivity contribution in [2.24, 2.45) is 0 Å². The van der Waals surface area contributed by atoms with Crippen molar-refractivity contribution in [2.45, 2.75) is 6.54 Å². The summed E-state index contributed by atoms with van der Waals surface area (Å²) < 4.78 is 2.76. The lowest BCUT2D eigenvalue weighted by Crippen LogP contribution is -2.21. The number of halogens is 1. The van der Waals surface area contributed by atoms with Gasteiger partial charge in [-0.2, -0.15) is 0 Å². The number of hydrogen-bond acceptors (Lipinski definition) is 4. The number of nitrogens with zero attached hydrogens (tertiary/aromatic N) is 5. The topological polar surface area (TPSA) is 65.1 Å². The minimum absolute atomic E-state index is 0.229. The monoisotopic (exact) mass is 261 g/mol. The molecule has 0 spiro atoms. The molecule has 3 aromatic heterocycles. The van der Waals surface area contributed by atoms with Crippen LogP contribution in [0.25, 0.3) is 5.65 Å². The summed E-state index contributed by atoms with van der Waals surface area (Å²) >= 11 is 5.95. The van der Waals surface area contributed by atoms with Crippen molar-refractivity contribution < 1.29 is 0 Å². The highest BCUT2D eigenvalue weighted by molar-refractivity contribution is 6.30. The third-order valence-corrected chi connectivity index (χ3v) is 2.89.